The summed E-state index contributed by atoms with van der Waals surface area (Å²) in [5, 5.41) is 21.5. The number of hydrogen-bond donors (Lipinski definition) is 4. The number of nitrogens with one attached hydrogen (secondary N) is 1. The van der Waals surface area contributed by atoms with Gasteiger partial charge >= 0.3 is 6.09 Å². The van der Waals surface area contributed by atoms with Crippen molar-refractivity contribution in [2.75, 3.05) is 19.6 Å². The molecule has 0 aromatic heterocycles. The molecule has 0 saturated heterocycles. The molecule has 0 fully saturated rings. The molecule has 5 N–H and O–H groups in total. The summed E-state index contributed by atoms with van der Waals surface area (Å²) in [6.45, 7) is 5.68. The molecule has 0 radical (unpaired) electrons. The molecule has 0 heterocycles. The van der Waals surface area contributed by atoms with Gasteiger partial charge in [0.1, 0.15) is 0 Å². The molecular weight excluding hydrogens is 262 g/mol. The van der Waals surface area contributed by atoms with E-state index in [1.807, 2.05) is 6.92 Å². The lowest BCUT2D eigenvalue weighted by Crippen LogP contribution is -2.54. The van der Waals surface area contributed by atoms with Crippen LogP contribution in [0.1, 0.15) is 40.0 Å². The summed E-state index contributed by atoms with van der Waals surface area (Å²) >= 11 is 0. The molecule has 0 rings (SSSR count). The quantitative estimate of drug-likeness (QED) is 0.489. The van der Waals surface area contributed by atoms with Crippen LogP contribution in [0.4, 0.5) is 4.79 Å². The van der Waals surface area contributed by atoms with Crippen LogP contribution in [0.3, 0.4) is 0 Å². The molecule has 0 aromatic rings. The molecule has 2 amide bonds. The van der Waals surface area contributed by atoms with Crippen LogP contribution in [0.2, 0.25) is 0 Å². The molecule has 0 saturated carbocycles. The first-order valence-corrected chi connectivity index (χ1v) is 6.89. The minimum absolute atomic E-state index is 0.133. The Kier molecular flexibility index (Phi) is 8.17. The third kappa shape index (κ3) is 7.96. The fourth-order valence-electron chi connectivity index (χ4n) is 1.97. The second-order valence-corrected chi connectivity index (χ2v) is 5.57. The minimum Gasteiger partial charge on any atom is -0.465 e. The fourth-order valence-corrected chi connectivity index (χ4v) is 1.97. The molecule has 0 spiro atoms. The topological polar surface area (TPSA) is 116 Å². The molecule has 0 aliphatic heterocycles. The smallest absolute Gasteiger partial charge is 0.407 e. The number of carbonyl (C=O) groups excluding carboxylic acids is 1. The van der Waals surface area contributed by atoms with E-state index in [4.69, 9.17) is 5.73 Å². The molecule has 0 unspecified atom stereocenters. The Morgan fingerprint density at radius 2 is 1.95 bits per heavy atom. The zero-order valence-corrected chi connectivity index (χ0v) is 12.6. The van der Waals surface area contributed by atoms with Crippen molar-refractivity contribution in [2.45, 2.75) is 51.7 Å². The highest BCUT2D eigenvalue weighted by Gasteiger charge is 2.26. The summed E-state index contributed by atoms with van der Waals surface area (Å²) in [4.78, 5) is 23.7. The summed E-state index contributed by atoms with van der Waals surface area (Å²) < 4.78 is 0. The van der Waals surface area contributed by atoms with Gasteiger partial charge in [0, 0.05) is 13.1 Å². The monoisotopic (exact) mass is 289 g/mol. The molecule has 7 nitrogen and oxygen atoms in total. The summed E-state index contributed by atoms with van der Waals surface area (Å²) in [6, 6.07) is 0. The largest absolute Gasteiger partial charge is 0.465 e. The summed E-state index contributed by atoms with van der Waals surface area (Å²) in [5.41, 5.74) is 4.52. The number of nitrogens with two attached hydrogens (primary N) is 1. The Labute approximate surface area is 120 Å². The van der Waals surface area contributed by atoms with Gasteiger partial charge in [0.15, 0.2) is 0 Å². The van der Waals surface area contributed by atoms with E-state index in [2.05, 4.69) is 5.32 Å². The van der Waals surface area contributed by atoms with E-state index in [1.54, 1.807) is 13.8 Å². The first-order valence-electron chi connectivity index (χ1n) is 6.89. The Hall–Kier alpha value is -1.34. The van der Waals surface area contributed by atoms with Crippen LogP contribution in [-0.4, -0.2) is 58.4 Å². The van der Waals surface area contributed by atoms with E-state index in [9.17, 15) is 19.8 Å². The first-order chi connectivity index (χ1) is 9.21. The number of aliphatic hydroxyl groups excluding tert-OH is 1. The number of carboxylic acid groups (broad SMARTS) is 1. The molecule has 0 aromatic carbocycles. The van der Waals surface area contributed by atoms with Gasteiger partial charge in [0.05, 0.1) is 18.2 Å². The Bertz CT molecular complexity index is 321. The van der Waals surface area contributed by atoms with E-state index in [0.717, 1.165) is 6.42 Å². The number of rotatable bonds is 9. The Balaban J connectivity index is 4.46. The number of nitrogens with zero attached hydrogens (tertiary/aromatic N) is 1. The SMILES string of the molecule is CCC[C@H](O)CCN(CC(C)(C)NC(=O)CN)C(=O)O. The van der Waals surface area contributed by atoms with Crippen LogP contribution in [0.25, 0.3) is 0 Å². The van der Waals surface area contributed by atoms with Crippen LogP contribution < -0.4 is 11.1 Å². The number of aliphatic hydroxyl groups is 1. The highest BCUT2D eigenvalue weighted by molar-refractivity contribution is 5.78. The van der Waals surface area contributed by atoms with Gasteiger partial charge in [0.25, 0.3) is 0 Å². The average Bonchev–Trinajstić information content (AvgIpc) is 2.33. The predicted octanol–water partition coefficient (Wildman–Crippen LogP) is 0.371. The fraction of sp³-hybridized carbons (Fsp3) is 0.846. The van der Waals surface area contributed by atoms with Crippen molar-refractivity contribution >= 4 is 12.0 Å². The zero-order chi connectivity index (χ0) is 15.8. The highest BCUT2D eigenvalue weighted by Crippen LogP contribution is 2.09. The highest BCUT2D eigenvalue weighted by atomic mass is 16.4. The zero-order valence-electron chi connectivity index (χ0n) is 12.6. The maximum absolute atomic E-state index is 11.3. The van der Waals surface area contributed by atoms with E-state index in [0.29, 0.717) is 12.8 Å². The van der Waals surface area contributed by atoms with Crippen LogP contribution in [0.15, 0.2) is 0 Å². The molecule has 1 atom stereocenters. The Morgan fingerprint density at radius 3 is 2.40 bits per heavy atom. The van der Waals surface area contributed by atoms with E-state index < -0.39 is 17.7 Å². The van der Waals surface area contributed by atoms with Gasteiger partial charge in [-0.15, -0.1) is 0 Å². The van der Waals surface area contributed by atoms with Gasteiger partial charge in [-0.05, 0) is 26.7 Å². The third-order valence-electron chi connectivity index (χ3n) is 2.87. The van der Waals surface area contributed by atoms with Gasteiger partial charge in [0.2, 0.25) is 5.91 Å². The van der Waals surface area contributed by atoms with E-state index in [-0.39, 0.29) is 25.5 Å². The summed E-state index contributed by atoms with van der Waals surface area (Å²) in [7, 11) is 0. The lowest BCUT2D eigenvalue weighted by Gasteiger charge is -2.32. The molecule has 118 valence electrons. The van der Waals surface area contributed by atoms with Crippen molar-refractivity contribution in [3.63, 3.8) is 0 Å². The minimum atomic E-state index is -1.07. The van der Waals surface area contributed by atoms with E-state index >= 15 is 0 Å². The van der Waals surface area contributed by atoms with Gasteiger partial charge in [-0.3, -0.25) is 4.79 Å². The summed E-state index contributed by atoms with van der Waals surface area (Å²) in [6.07, 6.45) is 0.334. The molecule has 20 heavy (non-hydrogen) atoms. The van der Waals surface area contributed by atoms with Crippen molar-refractivity contribution < 1.29 is 19.8 Å². The third-order valence-corrected chi connectivity index (χ3v) is 2.87. The van der Waals surface area contributed by atoms with E-state index in [1.165, 1.54) is 4.90 Å². The normalized spacial score (nSPS) is 12.8. The van der Waals surface area contributed by atoms with Crippen molar-refractivity contribution in [1.29, 1.82) is 0 Å². The van der Waals surface area contributed by atoms with Gasteiger partial charge < -0.3 is 26.2 Å². The van der Waals surface area contributed by atoms with Crippen molar-refractivity contribution in [3.8, 4) is 0 Å². The first kappa shape index (κ1) is 18.7. The predicted molar refractivity (Wildman–Crippen MR) is 76.4 cm³/mol. The number of carbonyl (C=O) groups is 2. The second-order valence-electron chi connectivity index (χ2n) is 5.57. The van der Waals surface area contributed by atoms with Crippen molar-refractivity contribution in [3.05, 3.63) is 0 Å². The van der Waals surface area contributed by atoms with Crippen molar-refractivity contribution in [1.82, 2.24) is 10.2 Å². The molecule has 7 heteroatoms. The van der Waals surface area contributed by atoms with Crippen LogP contribution in [-0.2, 0) is 4.79 Å². The molecule has 0 bridgehead atoms. The van der Waals surface area contributed by atoms with Gasteiger partial charge in [-0.2, -0.15) is 0 Å². The molecule has 0 aliphatic carbocycles. The second kappa shape index (κ2) is 8.76. The summed E-state index contributed by atoms with van der Waals surface area (Å²) in [5.74, 6) is -0.327. The van der Waals surface area contributed by atoms with Gasteiger partial charge in [-0.25, -0.2) is 4.79 Å². The number of amides is 2. The lowest BCUT2D eigenvalue weighted by atomic mass is 10.0. The average molecular weight is 289 g/mol. The van der Waals surface area contributed by atoms with Crippen LogP contribution in [0.5, 0.6) is 0 Å². The molecular formula is C13H27N3O4. The maximum Gasteiger partial charge on any atom is 0.407 e. The van der Waals surface area contributed by atoms with Crippen LogP contribution in [0, 0.1) is 0 Å². The molecule has 0 aliphatic rings. The Morgan fingerprint density at radius 1 is 1.35 bits per heavy atom. The standard InChI is InChI=1S/C13H27N3O4/c1-4-5-10(17)6-7-16(12(19)20)9-13(2,3)15-11(18)8-14/h10,17H,4-9,14H2,1-3H3,(H,15,18)(H,19,20)/t10-/m0/s1. The van der Waals surface area contributed by atoms with Crippen LogP contribution >= 0.6 is 0 Å². The number of hydrogen-bond acceptors (Lipinski definition) is 4. The lowest BCUT2D eigenvalue weighted by molar-refractivity contribution is -0.121. The van der Waals surface area contributed by atoms with Gasteiger partial charge in [-0.1, -0.05) is 13.3 Å². The maximum atomic E-state index is 11.3. The van der Waals surface area contributed by atoms with Crippen molar-refractivity contribution in [2.24, 2.45) is 5.73 Å².